The molecule has 13 rings (SSSR count). The van der Waals surface area contributed by atoms with Crippen LogP contribution in [0, 0.1) is 23.7 Å². The largest absolute Gasteiger partial charge is 0.311 e. The average molecular weight is 835 g/mol. The van der Waals surface area contributed by atoms with Gasteiger partial charge in [-0.25, -0.2) is 0 Å². The zero-order valence-corrected chi connectivity index (χ0v) is 38.0. The van der Waals surface area contributed by atoms with Crippen LogP contribution in [0.15, 0.2) is 176 Å². The van der Waals surface area contributed by atoms with Crippen LogP contribution in [0.4, 0.5) is 34.1 Å². The first-order valence-electron chi connectivity index (χ1n) is 24.6. The van der Waals surface area contributed by atoms with E-state index < -0.39 is 0 Å². The highest BCUT2D eigenvalue weighted by atomic mass is 15.1. The Bertz CT molecular complexity index is 2750. The molecule has 0 spiro atoms. The van der Waals surface area contributed by atoms with E-state index in [9.17, 15) is 0 Å². The number of rotatable bonds is 9. The predicted molar refractivity (Wildman–Crippen MR) is 268 cm³/mol. The van der Waals surface area contributed by atoms with Crippen molar-refractivity contribution in [3.8, 4) is 11.1 Å². The van der Waals surface area contributed by atoms with Gasteiger partial charge in [-0.15, -0.1) is 0 Å². The van der Waals surface area contributed by atoms with E-state index in [-0.39, 0.29) is 10.8 Å². The van der Waals surface area contributed by atoms with Gasteiger partial charge in [0.15, 0.2) is 0 Å². The number of hydrogen-bond acceptors (Lipinski definition) is 2. The number of anilines is 6. The first-order valence-corrected chi connectivity index (χ1v) is 24.6. The van der Waals surface area contributed by atoms with Crippen molar-refractivity contribution in [1.82, 2.24) is 0 Å². The molecule has 320 valence electrons. The molecule has 2 atom stereocenters. The molecular weight excluding hydrogens is 773 g/mol. The molecule has 0 amide bonds. The van der Waals surface area contributed by atoms with Gasteiger partial charge >= 0.3 is 0 Å². The number of hydrogen-bond donors (Lipinski definition) is 0. The van der Waals surface area contributed by atoms with Crippen LogP contribution in [-0.2, 0) is 16.2 Å². The van der Waals surface area contributed by atoms with Crippen LogP contribution in [0.2, 0.25) is 0 Å². The molecule has 0 saturated heterocycles. The van der Waals surface area contributed by atoms with Crippen LogP contribution in [0.3, 0.4) is 0 Å². The summed E-state index contributed by atoms with van der Waals surface area (Å²) < 4.78 is 0. The molecule has 2 nitrogen and oxygen atoms in total. The van der Waals surface area contributed by atoms with E-state index in [1.165, 1.54) is 125 Å². The van der Waals surface area contributed by atoms with E-state index in [1.807, 2.05) is 0 Å². The quantitative estimate of drug-likeness (QED) is 0.143. The fraction of sp³-hybridized carbons (Fsp3) is 0.323. The Kier molecular flexibility index (Phi) is 9.55. The highest BCUT2D eigenvalue weighted by molar-refractivity contribution is 5.85. The summed E-state index contributed by atoms with van der Waals surface area (Å²) in [6.45, 7) is 7.25. The Hall–Kier alpha value is -5.86. The van der Waals surface area contributed by atoms with Gasteiger partial charge < -0.3 is 9.80 Å². The Morgan fingerprint density at radius 3 is 1.39 bits per heavy atom. The lowest BCUT2D eigenvalue weighted by atomic mass is 9.48. The van der Waals surface area contributed by atoms with Gasteiger partial charge in [-0.3, -0.25) is 0 Å². The Labute approximate surface area is 382 Å². The molecule has 0 aliphatic heterocycles. The first-order chi connectivity index (χ1) is 31.3. The number of fused-ring (bicyclic) bond motifs is 3. The third-order valence-electron chi connectivity index (χ3n) is 17.2. The minimum atomic E-state index is -0.0658. The first kappa shape index (κ1) is 39.7. The van der Waals surface area contributed by atoms with Crippen molar-refractivity contribution in [1.29, 1.82) is 0 Å². The second kappa shape index (κ2) is 15.4. The third-order valence-corrected chi connectivity index (χ3v) is 17.2. The van der Waals surface area contributed by atoms with Gasteiger partial charge in [-0.2, -0.15) is 0 Å². The van der Waals surface area contributed by atoms with Crippen LogP contribution < -0.4 is 9.80 Å². The van der Waals surface area contributed by atoms with E-state index in [2.05, 4.69) is 206 Å². The van der Waals surface area contributed by atoms with E-state index in [1.54, 1.807) is 5.56 Å². The Morgan fingerprint density at radius 1 is 0.422 bits per heavy atom. The molecule has 64 heavy (non-hydrogen) atoms. The molecule has 0 aromatic heterocycles. The smallest absolute Gasteiger partial charge is 0.0465 e. The number of para-hydroxylation sites is 2. The third kappa shape index (κ3) is 6.41. The van der Waals surface area contributed by atoms with Crippen LogP contribution in [0.25, 0.3) is 11.1 Å². The van der Waals surface area contributed by atoms with Gasteiger partial charge in [0.1, 0.15) is 0 Å². The summed E-state index contributed by atoms with van der Waals surface area (Å²) in [6, 6.07) is 67.2. The molecular formula is C62H62N2. The van der Waals surface area contributed by atoms with Gasteiger partial charge in [0, 0.05) is 45.0 Å². The van der Waals surface area contributed by atoms with E-state index in [0.717, 1.165) is 24.2 Å². The van der Waals surface area contributed by atoms with Crippen LogP contribution in [-0.4, -0.2) is 0 Å². The SMILES string of the molecule is CC1CCCCC1(c1ccc(N(c2ccccc2)c2ccc(C34CC5CC(CC(C5)C3)C4)cc2)cc1)c1ccc(N(c2ccccc2)c2ccc3c(c2)C(C)(C)c2ccccc2-3)cc1. The molecule has 2 unspecified atom stereocenters. The lowest BCUT2D eigenvalue weighted by Crippen LogP contribution is -2.48. The highest BCUT2D eigenvalue weighted by Gasteiger charge is 2.51. The number of benzene rings is 7. The molecule has 5 saturated carbocycles. The summed E-state index contributed by atoms with van der Waals surface area (Å²) in [4.78, 5) is 4.92. The second-order valence-corrected chi connectivity index (χ2v) is 21.2. The Morgan fingerprint density at radius 2 is 0.859 bits per heavy atom. The van der Waals surface area contributed by atoms with Gasteiger partial charge in [0.2, 0.25) is 0 Å². The van der Waals surface area contributed by atoms with Crippen molar-refractivity contribution in [3.63, 3.8) is 0 Å². The van der Waals surface area contributed by atoms with Crippen LogP contribution in [0.5, 0.6) is 0 Å². The minimum absolute atomic E-state index is 0.0622. The van der Waals surface area contributed by atoms with Gasteiger partial charge in [0.25, 0.3) is 0 Å². The molecule has 0 N–H and O–H groups in total. The van der Waals surface area contributed by atoms with Crippen molar-refractivity contribution in [3.05, 3.63) is 204 Å². The second-order valence-electron chi connectivity index (χ2n) is 21.2. The summed E-state index contributed by atoms with van der Waals surface area (Å²) in [5, 5.41) is 0. The lowest BCUT2D eigenvalue weighted by Gasteiger charge is -2.57. The van der Waals surface area contributed by atoms with Gasteiger partial charge in [-0.1, -0.05) is 137 Å². The monoisotopic (exact) mass is 834 g/mol. The summed E-state index contributed by atoms with van der Waals surface area (Å²) in [5.74, 6) is 3.37. The highest BCUT2D eigenvalue weighted by Crippen LogP contribution is 2.61. The number of nitrogens with zero attached hydrogens (tertiary/aromatic N) is 2. The predicted octanol–water partition coefficient (Wildman–Crippen LogP) is 16.9. The molecule has 0 radical (unpaired) electrons. The van der Waals surface area contributed by atoms with Crippen molar-refractivity contribution in [2.45, 2.75) is 101 Å². The molecule has 7 aromatic rings. The minimum Gasteiger partial charge on any atom is -0.311 e. The van der Waals surface area contributed by atoms with E-state index >= 15 is 0 Å². The Balaban J connectivity index is 0.883. The van der Waals surface area contributed by atoms with Crippen molar-refractivity contribution >= 4 is 34.1 Å². The fourth-order valence-corrected chi connectivity index (χ4v) is 14.5. The lowest BCUT2D eigenvalue weighted by molar-refractivity contribution is -0.00518. The van der Waals surface area contributed by atoms with Crippen LogP contribution >= 0.6 is 0 Å². The maximum absolute atomic E-state index is 2.50. The zero-order chi connectivity index (χ0) is 43.0. The summed E-state index contributed by atoms with van der Waals surface area (Å²) in [6.07, 6.45) is 13.6. The van der Waals surface area contributed by atoms with Gasteiger partial charge in [-0.05, 0) is 192 Å². The molecule has 6 aliphatic carbocycles. The van der Waals surface area contributed by atoms with Crippen LogP contribution in [0.1, 0.15) is 113 Å². The standard InChI is InChI=1S/C62H62N2/c1-43-14-12-13-35-62(43,49-25-31-54(32-26-49)64(51-17-8-5-9-18-51)55-33-34-57-56-19-10-11-20-58(56)60(2,3)59(57)39-55)48-23-29-53(30-24-48)63(50-15-6-4-7-16-50)52-27-21-47(22-28-52)61-40-44-36-45(41-61)38-46(37-44)42-61/h4-11,15-34,39,43-46H,12-14,35-38,40-42H2,1-3H3. The average Bonchev–Trinajstić information content (AvgIpc) is 3.55. The van der Waals surface area contributed by atoms with Crippen molar-refractivity contribution in [2.75, 3.05) is 9.80 Å². The summed E-state index contributed by atoms with van der Waals surface area (Å²) in [7, 11) is 0. The van der Waals surface area contributed by atoms with E-state index in [0.29, 0.717) is 11.3 Å². The normalized spacial score (nSPS) is 26.0. The van der Waals surface area contributed by atoms with Crippen molar-refractivity contribution in [2.24, 2.45) is 23.7 Å². The summed E-state index contributed by atoms with van der Waals surface area (Å²) in [5.41, 5.74) is 17.4. The zero-order valence-electron chi connectivity index (χ0n) is 38.0. The molecule has 2 heteroatoms. The maximum atomic E-state index is 2.50. The molecule has 0 heterocycles. The maximum Gasteiger partial charge on any atom is 0.0465 e. The molecule has 5 fully saturated rings. The fourth-order valence-electron chi connectivity index (χ4n) is 14.5. The summed E-state index contributed by atoms with van der Waals surface area (Å²) >= 11 is 0. The van der Waals surface area contributed by atoms with Crippen molar-refractivity contribution < 1.29 is 0 Å². The van der Waals surface area contributed by atoms with E-state index in [4.69, 9.17) is 0 Å². The van der Waals surface area contributed by atoms with Gasteiger partial charge in [0.05, 0.1) is 0 Å². The molecule has 4 bridgehead atoms. The molecule has 7 aromatic carbocycles. The topological polar surface area (TPSA) is 6.48 Å². The molecule has 6 aliphatic rings.